The van der Waals surface area contributed by atoms with Crippen LogP contribution in [0.15, 0.2) is 40.9 Å². The molecule has 0 aromatic heterocycles. The van der Waals surface area contributed by atoms with Gasteiger partial charge in [-0.1, -0.05) is 12.1 Å². The molecule has 2 nitrogen and oxygen atoms in total. The van der Waals surface area contributed by atoms with Crippen molar-refractivity contribution in [1.82, 2.24) is 0 Å². The smallest absolute Gasteiger partial charge is 0.144 e. The van der Waals surface area contributed by atoms with Crippen molar-refractivity contribution in [1.29, 1.82) is 0 Å². The second-order valence-electron chi connectivity index (χ2n) is 4.96. The van der Waals surface area contributed by atoms with Crippen molar-refractivity contribution in [3.63, 3.8) is 0 Å². The molecule has 0 bridgehead atoms. The fourth-order valence-corrected chi connectivity index (χ4v) is 2.25. The van der Waals surface area contributed by atoms with Gasteiger partial charge in [-0.25, -0.2) is 4.39 Å². The van der Waals surface area contributed by atoms with Gasteiger partial charge in [0, 0.05) is 12.1 Å². The van der Waals surface area contributed by atoms with Gasteiger partial charge in [0.05, 0.1) is 4.47 Å². The first kappa shape index (κ1) is 15.0. The Morgan fingerprint density at radius 1 is 1.20 bits per heavy atom. The van der Waals surface area contributed by atoms with Crippen molar-refractivity contribution in [2.24, 2.45) is 5.73 Å². The van der Waals surface area contributed by atoms with Crippen molar-refractivity contribution in [3.8, 4) is 11.5 Å². The molecule has 4 heteroatoms. The van der Waals surface area contributed by atoms with Crippen LogP contribution >= 0.6 is 15.9 Å². The molecule has 0 aliphatic carbocycles. The highest BCUT2D eigenvalue weighted by atomic mass is 79.9. The molecule has 0 fully saturated rings. The number of hydrogen-bond donors (Lipinski definition) is 1. The molecule has 2 rings (SSSR count). The van der Waals surface area contributed by atoms with Gasteiger partial charge in [-0.3, -0.25) is 0 Å². The van der Waals surface area contributed by atoms with E-state index in [1.165, 1.54) is 12.1 Å². The van der Waals surface area contributed by atoms with Crippen LogP contribution in [0.2, 0.25) is 0 Å². The zero-order chi connectivity index (χ0) is 14.7. The standard InChI is InChI=1S/C16H17BrFNO/c1-10-3-4-12(7-11(2)19)8-15(10)20-16-9-13(18)5-6-14(16)17/h3-6,8-9,11H,7,19H2,1-2H3. The topological polar surface area (TPSA) is 35.2 Å². The lowest BCUT2D eigenvalue weighted by atomic mass is 10.1. The predicted molar refractivity (Wildman–Crippen MR) is 82.7 cm³/mol. The van der Waals surface area contributed by atoms with E-state index in [1.54, 1.807) is 6.07 Å². The maximum atomic E-state index is 13.3. The van der Waals surface area contributed by atoms with Crippen LogP contribution in [0.4, 0.5) is 4.39 Å². The molecule has 0 amide bonds. The van der Waals surface area contributed by atoms with Gasteiger partial charge < -0.3 is 10.5 Å². The van der Waals surface area contributed by atoms with Crippen molar-refractivity contribution in [3.05, 3.63) is 57.8 Å². The Morgan fingerprint density at radius 2 is 1.95 bits per heavy atom. The molecule has 0 heterocycles. The maximum Gasteiger partial charge on any atom is 0.144 e. The minimum atomic E-state index is -0.326. The summed E-state index contributed by atoms with van der Waals surface area (Å²) in [5.41, 5.74) is 7.91. The van der Waals surface area contributed by atoms with E-state index >= 15 is 0 Å². The average molecular weight is 338 g/mol. The summed E-state index contributed by atoms with van der Waals surface area (Å²) in [6.07, 6.45) is 0.779. The van der Waals surface area contributed by atoms with Gasteiger partial charge in [0.1, 0.15) is 17.3 Å². The van der Waals surface area contributed by atoms with Crippen molar-refractivity contribution in [2.45, 2.75) is 26.3 Å². The third-order valence-corrected chi connectivity index (χ3v) is 3.58. The van der Waals surface area contributed by atoms with Crippen molar-refractivity contribution >= 4 is 15.9 Å². The van der Waals surface area contributed by atoms with E-state index in [1.807, 2.05) is 32.0 Å². The van der Waals surface area contributed by atoms with Gasteiger partial charge in [-0.05, 0) is 65.5 Å². The molecule has 2 aromatic carbocycles. The predicted octanol–water partition coefficient (Wildman–Crippen LogP) is 4.58. The molecule has 1 unspecified atom stereocenters. The number of halogens is 2. The van der Waals surface area contributed by atoms with Gasteiger partial charge in [0.15, 0.2) is 0 Å². The number of rotatable bonds is 4. The molecule has 0 aliphatic rings. The molecule has 0 spiro atoms. The van der Waals surface area contributed by atoms with Crippen LogP contribution in [0, 0.1) is 12.7 Å². The van der Waals surface area contributed by atoms with Gasteiger partial charge >= 0.3 is 0 Å². The molecule has 20 heavy (non-hydrogen) atoms. The first-order chi connectivity index (χ1) is 9.45. The highest BCUT2D eigenvalue weighted by Gasteiger charge is 2.08. The summed E-state index contributed by atoms with van der Waals surface area (Å²) in [5.74, 6) is 0.855. The molecule has 106 valence electrons. The first-order valence-corrected chi connectivity index (χ1v) is 7.23. The van der Waals surface area contributed by atoms with E-state index in [-0.39, 0.29) is 11.9 Å². The zero-order valence-electron chi connectivity index (χ0n) is 11.5. The third-order valence-electron chi connectivity index (χ3n) is 2.92. The maximum absolute atomic E-state index is 13.3. The van der Waals surface area contributed by atoms with Gasteiger partial charge in [-0.2, -0.15) is 0 Å². The van der Waals surface area contributed by atoms with E-state index in [2.05, 4.69) is 15.9 Å². The highest BCUT2D eigenvalue weighted by Crippen LogP contribution is 2.32. The summed E-state index contributed by atoms with van der Waals surface area (Å²) in [6, 6.07) is 10.4. The summed E-state index contributed by atoms with van der Waals surface area (Å²) >= 11 is 3.36. The van der Waals surface area contributed by atoms with Crippen LogP contribution in [0.3, 0.4) is 0 Å². The number of nitrogens with two attached hydrogens (primary N) is 1. The molecule has 2 N–H and O–H groups in total. The van der Waals surface area contributed by atoms with Crippen molar-refractivity contribution < 1.29 is 9.13 Å². The molecular formula is C16H17BrFNO. The summed E-state index contributed by atoms with van der Waals surface area (Å²) < 4.78 is 19.8. The molecule has 0 radical (unpaired) electrons. The molecule has 1 atom stereocenters. The quantitative estimate of drug-likeness (QED) is 0.886. The lowest BCUT2D eigenvalue weighted by Gasteiger charge is -2.13. The first-order valence-electron chi connectivity index (χ1n) is 6.43. The lowest BCUT2D eigenvalue weighted by molar-refractivity contribution is 0.469. The minimum Gasteiger partial charge on any atom is -0.456 e. The summed E-state index contributed by atoms with van der Waals surface area (Å²) in [6.45, 7) is 3.92. The number of ether oxygens (including phenoxy) is 1. The van der Waals surface area contributed by atoms with Crippen LogP contribution in [0.25, 0.3) is 0 Å². The van der Waals surface area contributed by atoms with Crippen LogP contribution in [-0.2, 0) is 6.42 Å². The molecule has 0 saturated heterocycles. The Bertz CT molecular complexity index is 613. The minimum absolute atomic E-state index is 0.0893. The second-order valence-corrected chi connectivity index (χ2v) is 5.81. The molecular weight excluding hydrogens is 321 g/mol. The lowest BCUT2D eigenvalue weighted by Crippen LogP contribution is -2.17. The summed E-state index contributed by atoms with van der Waals surface area (Å²) in [4.78, 5) is 0. The number of aryl methyl sites for hydroxylation is 1. The van der Waals surface area contributed by atoms with E-state index in [4.69, 9.17) is 10.5 Å². The van der Waals surface area contributed by atoms with Crippen LogP contribution in [0.1, 0.15) is 18.1 Å². The van der Waals surface area contributed by atoms with Crippen molar-refractivity contribution in [2.75, 3.05) is 0 Å². The van der Waals surface area contributed by atoms with E-state index in [0.717, 1.165) is 27.8 Å². The fourth-order valence-electron chi connectivity index (χ4n) is 1.93. The van der Waals surface area contributed by atoms with Crippen LogP contribution in [-0.4, -0.2) is 6.04 Å². The van der Waals surface area contributed by atoms with Crippen LogP contribution in [0.5, 0.6) is 11.5 Å². The monoisotopic (exact) mass is 337 g/mol. The third kappa shape index (κ3) is 3.81. The average Bonchev–Trinajstić information content (AvgIpc) is 2.37. The zero-order valence-corrected chi connectivity index (χ0v) is 13.1. The number of hydrogen-bond acceptors (Lipinski definition) is 2. The summed E-state index contributed by atoms with van der Waals surface area (Å²) in [7, 11) is 0. The Kier molecular flexibility index (Phi) is 4.78. The Labute approximate surface area is 126 Å². The van der Waals surface area contributed by atoms with E-state index in [0.29, 0.717) is 5.75 Å². The Morgan fingerprint density at radius 3 is 2.65 bits per heavy atom. The van der Waals surface area contributed by atoms with Gasteiger partial charge in [0.2, 0.25) is 0 Å². The fraction of sp³-hybridized carbons (Fsp3) is 0.250. The van der Waals surface area contributed by atoms with Gasteiger partial charge in [-0.15, -0.1) is 0 Å². The normalized spacial score (nSPS) is 12.2. The SMILES string of the molecule is Cc1ccc(CC(C)N)cc1Oc1cc(F)ccc1Br. The Balaban J connectivity index is 2.30. The summed E-state index contributed by atoms with van der Waals surface area (Å²) in [5, 5.41) is 0. The van der Waals surface area contributed by atoms with E-state index in [9.17, 15) is 4.39 Å². The Hall–Kier alpha value is -1.39. The van der Waals surface area contributed by atoms with Crippen LogP contribution < -0.4 is 10.5 Å². The van der Waals surface area contributed by atoms with Gasteiger partial charge in [0.25, 0.3) is 0 Å². The molecule has 0 saturated carbocycles. The number of benzene rings is 2. The largest absolute Gasteiger partial charge is 0.456 e. The van der Waals surface area contributed by atoms with E-state index < -0.39 is 0 Å². The molecule has 0 aliphatic heterocycles. The molecule has 2 aromatic rings. The second kappa shape index (κ2) is 6.37. The highest BCUT2D eigenvalue weighted by molar-refractivity contribution is 9.10.